The van der Waals surface area contributed by atoms with Crippen LogP contribution in [0.5, 0.6) is 0 Å². The van der Waals surface area contributed by atoms with Gasteiger partial charge in [-0.2, -0.15) is 0 Å². The molecule has 0 saturated carbocycles. The van der Waals surface area contributed by atoms with E-state index in [1.54, 1.807) is 0 Å². The SMILES string of the molecule is CCCc1c(C(=O)O)sc2nc(-c3ccc(C)cc3)c(C)n12. The molecule has 4 nitrogen and oxygen atoms in total. The van der Waals surface area contributed by atoms with Crippen LogP contribution in [0, 0.1) is 13.8 Å². The van der Waals surface area contributed by atoms with E-state index in [2.05, 4.69) is 43.1 Å². The van der Waals surface area contributed by atoms with Crippen molar-refractivity contribution in [2.24, 2.45) is 0 Å². The van der Waals surface area contributed by atoms with E-state index in [0.29, 0.717) is 4.88 Å². The number of thiazole rings is 1. The zero-order chi connectivity index (χ0) is 15.9. The Morgan fingerprint density at radius 1 is 1.27 bits per heavy atom. The highest BCUT2D eigenvalue weighted by Gasteiger charge is 2.22. The molecule has 2 heterocycles. The number of rotatable bonds is 4. The Morgan fingerprint density at radius 2 is 1.95 bits per heavy atom. The number of hydrogen-bond acceptors (Lipinski definition) is 3. The van der Waals surface area contributed by atoms with Crippen LogP contribution in [0.2, 0.25) is 0 Å². The van der Waals surface area contributed by atoms with Crippen LogP contribution in [-0.4, -0.2) is 20.5 Å². The molecule has 0 atom stereocenters. The first kappa shape index (κ1) is 14.8. The molecule has 1 aromatic carbocycles. The molecule has 5 heteroatoms. The van der Waals surface area contributed by atoms with E-state index >= 15 is 0 Å². The second-order valence-corrected chi connectivity index (χ2v) is 6.44. The minimum absolute atomic E-state index is 0.405. The molecule has 0 bridgehead atoms. The summed E-state index contributed by atoms with van der Waals surface area (Å²) in [5, 5.41) is 9.39. The van der Waals surface area contributed by atoms with Crippen molar-refractivity contribution in [3.63, 3.8) is 0 Å². The average Bonchev–Trinajstić information content (AvgIpc) is 2.99. The lowest BCUT2D eigenvalue weighted by atomic mass is 10.1. The molecule has 22 heavy (non-hydrogen) atoms. The molecular weight excluding hydrogens is 296 g/mol. The monoisotopic (exact) mass is 314 g/mol. The molecule has 1 N–H and O–H groups in total. The topological polar surface area (TPSA) is 54.6 Å². The van der Waals surface area contributed by atoms with Gasteiger partial charge in [-0.25, -0.2) is 9.78 Å². The summed E-state index contributed by atoms with van der Waals surface area (Å²) in [6, 6.07) is 8.26. The van der Waals surface area contributed by atoms with Crippen molar-refractivity contribution in [3.05, 3.63) is 46.1 Å². The van der Waals surface area contributed by atoms with Crippen molar-refractivity contribution in [1.29, 1.82) is 0 Å². The Kier molecular flexibility index (Phi) is 3.74. The highest BCUT2D eigenvalue weighted by molar-refractivity contribution is 7.19. The zero-order valence-electron chi connectivity index (χ0n) is 12.9. The molecule has 0 unspecified atom stereocenters. The zero-order valence-corrected chi connectivity index (χ0v) is 13.7. The van der Waals surface area contributed by atoms with E-state index in [1.165, 1.54) is 16.9 Å². The lowest BCUT2D eigenvalue weighted by molar-refractivity contribution is 0.0700. The van der Waals surface area contributed by atoms with E-state index in [0.717, 1.165) is 40.4 Å². The maximum Gasteiger partial charge on any atom is 0.347 e. The van der Waals surface area contributed by atoms with Crippen molar-refractivity contribution < 1.29 is 9.90 Å². The number of aromatic nitrogens is 2. The fourth-order valence-corrected chi connectivity index (χ4v) is 3.78. The first-order valence-corrected chi connectivity index (χ1v) is 8.15. The molecule has 0 spiro atoms. The Morgan fingerprint density at radius 3 is 2.55 bits per heavy atom. The highest BCUT2D eigenvalue weighted by atomic mass is 32.1. The van der Waals surface area contributed by atoms with Crippen LogP contribution >= 0.6 is 11.3 Å². The van der Waals surface area contributed by atoms with Crippen LogP contribution in [0.25, 0.3) is 16.2 Å². The van der Waals surface area contributed by atoms with Gasteiger partial charge in [0, 0.05) is 17.0 Å². The lowest BCUT2D eigenvalue weighted by Gasteiger charge is -2.04. The van der Waals surface area contributed by atoms with Gasteiger partial charge >= 0.3 is 5.97 Å². The summed E-state index contributed by atoms with van der Waals surface area (Å²) in [6.07, 6.45) is 1.65. The Hall–Kier alpha value is -2.14. The minimum Gasteiger partial charge on any atom is -0.477 e. The van der Waals surface area contributed by atoms with E-state index in [9.17, 15) is 9.90 Å². The van der Waals surface area contributed by atoms with Crippen molar-refractivity contribution in [3.8, 4) is 11.3 Å². The molecule has 0 fully saturated rings. The van der Waals surface area contributed by atoms with E-state index < -0.39 is 5.97 Å². The summed E-state index contributed by atoms with van der Waals surface area (Å²) in [4.78, 5) is 17.3. The predicted octanol–water partition coefficient (Wildman–Crippen LogP) is 4.33. The largest absolute Gasteiger partial charge is 0.477 e. The van der Waals surface area contributed by atoms with Gasteiger partial charge in [-0.3, -0.25) is 4.40 Å². The highest BCUT2D eigenvalue weighted by Crippen LogP contribution is 2.31. The molecule has 0 aliphatic carbocycles. The molecule has 114 valence electrons. The minimum atomic E-state index is -0.866. The van der Waals surface area contributed by atoms with E-state index in [4.69, 9.17) is 0 Å². The van der Waals surface area contributed by atoms with Crippen LogP contribution in [0.3, 0.4) is 0 Å². The summed E-state index contributed by atoms with van der Waals surface area (Å²) in [6.45, 7) is 6.12. The molecule has 3 rings (SSSR count). The average molecular weight is 314 g/mol. The number of hydrogen-bond donors (Lipinski definition) is 1. The number of nitrogens with zero attached hydrogens (tertiary/aromatic N) is 2. The third-order valence-corrected chi connectivity index (χ3v) is 4.88. The van der Waals surface area contributed by atoms with Gasteiger partial charge in [0.1, 0.15) is 4.88 Å². The van der Waals surface area contributed by atoms with Gasteiger partial charge in [0.2, 0.25) is 0 Å². The predicted molar refractivity (Wildman–Crippen MR) is 88.9 cm³/mol. The number of benzene rings is 1. The van der Waals surface area contributed by atoms with Gasteiger partial charge in [-0.05, 0) is 20.3 Å². The van der Waals surface area contributed by atoms with Crippen molar-refractivity contribution >= 4 is 22.3 Å². The third kappa shape index (κ3) is 2.31. The van der Waals surface area contributed by atoms with Crippen LogP contribution in [0.4, 0.5) is 0 Å². The number of fused-ring (bicyclic) bond motifs is 1. The normalized spacial score (nSPS) is 11.2. The number of carbonyl (C=O) groups is 1. The van der Waals surface area contributed by atoms with Gasteiger partial charge in [0.25, 0.3) is 0 Å². The van der Waals surface area contributed by atoms with Crippen molar-refractivity contribution in [1.82, 2.24) is 9.38 Å². The molecule has 0 saturated heterocycles. The Balaban J connectivity index is 2.21. The van der Waals surface area contributed by atoms with Crippen molar-refractivity contribution in [2.75, 3.05) is 0 Å². The summed E-state index contributed by atoms with van der Waals surface area (Å²) in [5.41, 5.74) is 5.07. The molecule has 0 aliphatic rings. The molecule has 2 aromatic heterocycles. The molecule has 0 amide bonds. The molecule has 3 aromatic rings. The van der Waals surface area contributed by atoms with Crippen LogP contribution in [0.15, 0.2) is 24.3 Å². The summed E-state index contributed by atoms with van der Waals surface area (Å²) in [7, 11) is 0. The van der Waals surface area contributed by atoms with Crippen LogP contribution in [0.1, 0.15) is 40.0 Å². The smallest absolute Gasteiger partial charge is 0.347 e. The first-order valence-electron chi connectivity index (χ1n) is 7.34. The summed E-state index contributed by atoms with van der Waals surface area (Å²) in [5.74, 6) is -0.866. The fraction of sp³-hybridized carbons (Fsp3) is 0.294. The molecule has 0 aliphatic heterocycles. The van der Waals surface area contributed by atoms with Crippen LogP contribution in [-0.2, 0) is 6.42 Å². The summed E-state index contributed by atoms with van der Waals surface area (Å²) >= 11 is 1.26. The number of aryl methyl sites for hydroxylation is 3. The van der Waals surface area contributed by atoms with Crippen LogP contribution < -0.4 is 0 Å². The first-order chi connectivity index (χ1) is 10.5. The van der Waals surface area contributed by atoms with E-state index in [-0.39, 0.29) is 0 Å². The summed E-state index contributed by atoms with van der Waals surface area (Å²) < 4.78 is 2.01. The van der Waals surface area contributed by atoms with E-state index in [1.807, 2.05) is 11.3 Å². The Labute approximate surface area is 133 Å². The second-order valence-electron chi connectivity index (χ2n) is 5.46. The molecule has 0 radical (unpaired) electrons. The maximum atomic E-state index is 11.4. The number of aromatic carboxylic acids is 1. The van der Waals surface area contributed by atoms with Gasteiger partial charge in [0.15, 0.2) is 4.96 Å². The number of carboxylic acids is 1. The van der Waals surface area contributed by atoms with Gasteiger partial charge in [0.05, 0.1) is 5.69 Å². The lowest BCUT2D eigenvalue weighted by Crippen LogP contribution is -2.02. The van der Waals surface area contributed by atoms with Gasteiger partial charge in [-0.15, -0.1) is 0 Å². The third-order valence-electron chi connectivity index (χ3n) is 3.81. The fourth-order valence-electron chi connectivity index (χ4n) is 2.73. The Bertz CT molecular complexity index is 844. The number of imidazole rings is 1. The maximum absolute atomic E-state index is 11.4. The second kappa shape index (κ2) is 5.57. The van der Waals surface area contributed by atoms with Crippen molar-refractivity contribution in [2.45, 2.75) is 33.6 Å². The molecular formula is C17H18N2O2S. The quantitative estimate of drug-likeness (QED) is 0.780. The number of carboxylic acid groups (broad SMARTS) is 1. The standard InChI is InChI=1S/C17H18N2O2S/c1-4-5-13-15(16(20)21)22-17-18-14(11(3)19(13)17)12-8-6-10(2)7-9-12/h6-9H,4-5H2,1-3H3,(H,20,21). The van der Waals surface area contributed by atoms with Gasteiger partial charge < -0.3 is 5.11 Å². The van der Waals surface area contributed by atoms with Gasteiger partial charge in [-0.1, -0.05) is 54.5 Å².